The number of ether oxygens (including phenoxy) is 1. The molecule has 0 radical (unpaired) electrons. The summed E-state index contributed by atoms with van der Waals surface area (Å²) in [7, 11) is 0. The maximum Gasteiger partial charge on any atom is 0.234 e. The Kier molecular flexibility index (Phi) is 6.83. The highest BCUT2D eigenvalue weighted by atomic mass is 32.2. The zero-order valence-corrected chi connectivity index (χ0v) is 19.3. The first-order chi connectivity index (χ1) is 16.8. The van der Waals surface area contributed by atoms with E-state index >= 15 is 0 Å². The van der Waals surface area contributed by atoms with Gasteiger partial charge in [-0.15, -0.1) is 10.2 Å². The van der Waals surface area contributed by atoms with E-state index in [1.54, 1.807) is 12.4 Å². The molecular weight excluding hydrogens is 448 g/mol. The van der Waals surface area contributed by atoms with Crippen LogP contribution in [-0.2, 0) is 9.53 Å². The fourth-order valence-electron chi connectivity index (χ4n) is 3.83. The zero-order chi connectivity index (χ0) is 23.2. The van der Waals surface area contributed by atoms with E-state index in [0.717, 1.165) is 35.7 Å². The Morgan fingerprint density at radius 1 is 0.971 bits per heavy atom. The van der Waals surface area contributed by atoms with Crippen LogP contribution in [0.1, 0.15) is 0 Å². The van der Waals surface area contributed by atoms with Crippen LogP contribution in [0.5, 0.6) is 0 Å². The van der Waals surface area contributed by atoms with Crippen LogP contribution in [-0.4, -0.2) is 57.7 Å². The molecule has 1 saturated heterocycles. The predicted molar refractivity (Wildman–Crippen MR) is 133 cm³/mol. The molecule has 0 aliphatic carbocycles. The molecule has 172 valence electrons. The maximum atomic E-state index is 12.9. The number of morpholine rings is 1. The van der Waals surface area contributed by atoms with Gasteiger partial charge in [0.15, 0.2) is 11.0 Å². The average Bonchev–Trinajstić information content (AvgIpc) is 3.33. The summed E-state index contributed by atoms with van der Waals surface area (Å²) in [5.41, 5.74) is 3.59. The lowest BCUT2D eigenvalue weighted by Crippen LogP contribution is -2.36. The van der Waals surface area contributed by atoms with E-state index in [1.807, 2.05) is 71.3 Å². The van der Waals surface area contributed by atoms with E-state index in [-0.39, 0.29) is 11.7 Å². The van der Waals surface area contributed by atoms with Crippen molar-refractivity contribution in [2.24, 2.45) is 0 Å². The number of carbonyl (C=O) groups excluding carboxylic acids is 1. The number of hydrogen-bond acceptors (Lipinski definition) is 7. The second kappa shape index (κ2) is 10.5. The molecule has 2 aromatic heterocycles. The number of para-hydroxylation sites is 3. The van der Waals surface area contributed by atoms with Gasteiger partial charge in [0.05, 0.1) is 30.3 Å². The topological polar surface area (TPSA) is 85.2 Å². The number of anilines is 2. The third-order valence-electron chi connectivity index (χ3n) is 5.43. The Balaban J connectivity index is 1.34. The Morgan fingerprint density at radius 3 is 2.56 bits per heavy atom. The molecular formula is C25H24N6O2S. The van der Waals surface area contributed by atoms with Gasteiger partial charge in [-0.1, -0.05) is 42.1 Å². The Bertz CT molecular complexity index is 1240. The van der Waals surface area contributed by atoms with Crippen LogP contribution in [0.25, 0.3) is 17.1 Å². The maximum absolute atomic E-state index is 12.9. The van der Waals surface area contributed by atoms with Gasteiger partial charge in [0.25, 0.3) is 0 Å². The van der Waals surface area contributed by atoms with Crippen molar-refractivity contribution in [2.45, 2.75) is 5.16 Å². The van der Waals surface area contributed by atoms with Gasteiger partial charge in [0, 0.05) is 36.7 Å². The van der Waals surface area contributed by atoms with Crippen LogP contribution < -0.4 is 10.2 Å². The summed E-state index contributed by atoms with van der Waals surface area (Å²) in [6, 6.07) is 21.6. The Hall–Kier alpha value is -3.69. The Labute approximate surface area is 202 Å². The lowest BCUT2D eigenvalue weighted by atomic mass is 10.2. The largest absolute Gasteiger partial charge is 0.378 e. The van der Waals surface area contributed by atoms with Crippen LogP contribution in [0.2, 0.25) is 0 Å². The monoisotopic (exact) mass is 472 g/mol. The molecule has 1 fully saturated rings. The molecule has 5 rings (SSSR count). The molecule has 3 heterocycles. The first kappa shape index (κ1) is 22.1. The summed E-state index contributed by atoms with van der Waals surface area (Å²) in [5.74, 6) is 0.784. The number of pyridine rings is 1. The van der Waals surface area contributed by atoms with Crippen molar-refractivity contribution < 1.29 is 9.53 Å². The Morgan fingerprint density at radius 2 is 1.76 bits per heavy atom. The van der Waals surface area contributed by atoms with Gasteiger partial charge in [-0.3, -0.25) is 14.3 Å². The van der Waals surface area contributed by atoms with Crippen molar-refractivity contribution in [1.82, 2.24) is 19.7 Å². The molecule has 1 N–H and O–H groups in total. The van der Waals surface area contributed by atoms with E-state index in [4.69, 9.17) is 4.74 Å². The van der Waals surface area contributed by atoms with Crippen molar-refractivity contribution in [3.8, 4) is 17.1 Å². The number of benzene rings is 2. The highest BCUT2D eigenvalue weighted by Gasteiger charge is 2.19. The summed E-state index contributed by atoms with van der Waals surface area (Å²) in [5, 5.41) is 12.5. The van der Waals surface area contributed by atoms with Crippen molar-refractivity contribution in [3.63, 3.8) is 0 Å². The number of thioether (sulfide) groups is 1. The van der Waals surface area contributed by atoms with Crippen LogP contribution in [0.3, 0.4) is 0 Å². The van der Waals surface area contributed by atoms with Gasteiger partial charge in [-0.25, -0.2) is 0 Å². The van der Waals surface area contributed by atoms with Gasteiger partial charge in [-0.2, -0.15) is 0 Å². The fourth-order valence-corrected chi connectivity index (χ4v) is 4.58. The van der Waals surface area contributed by atoms with Crippen LogP contribution in [0, 0.1) is 0 Å². The van der Waals surface area contributed by atoms with E-state index in [0.29, 0.717) is 24.2 Å². The average molecular weight is 473 g/mol. The molecule has 0 spiro atoms. The van der Waals surface area contributed by atoms with E-state index in [9.17, 15) is 4.79 Å². The van der Waals surface area contributed by atoms with Crippen molar-refractivity contribution in [1.29, 1.82) is 0 Å². The molecule has 1 amide bonds. The molecule has 4 aromatic rings. The van der Waals surface area contributed by atoms with Gasteiger partial charge in [-0.05, 0) is 36.4 Å². The third kappa shape index (κ3) is 4.95. The predicted octanol–water partition coefficient (Wildman–Crippen LogP) is 3.90. The SMILES string of the molecule is O=C(CSc1nnc(-c2cccnc2)n1-c1ccccc1)Nc1ccccc1N1CCOCC1. The minimum Gasteiger partial charge on any atom is -0.378 e. The quantitative estimate of drug-likeness (QED) is 0.408. The fraction of sp³-hybridized carbons (Fsp3) is 0.200. The van der Waals surface area contributed by atoms with Gasteiger partial charge >= 0.3 is 0 Å². The first-order valence-electron chi connectivity index (χ1n) is 11.1. The number of hydrogen-bond donors (Lipinski definition) is 1. The van der Waals surface area contributed by atoms with E-state index < -0.39 is 0 Å². The van der Waals surface area contributed by atoms with Crippen molar-refractivity contribution >= 4 is 29.0 Å². The smallest absolute Gasteiger partial charge is 0.234 e. The number of carbonyl (C=O) groups is 1. The normalized spacial score (nSPS) is 13.6. The highest BCUT2D eigenvalue weighted by molar-refractivity contribution is 7.99. The van der Waals surface area contributed by atoms with E-state index in [1.165, 1.54) is 11.8 Å². The molecule has 1 aliphatic rings. The number of nitrogens with zero attached hydrogens (tertiary/aromatic N) is 5. The molecule has 34 heavy (non-hydrogen) atoms. The van der Waals surface area contributed by atoms with Crippen molar-refractivity contribution in [2.75, 3.05) is 42.3 Å². The first-order valence-corrected chi connectivity index (χ1v) is 12.0. The summed E-state index contributed by atoms with van der Waals surface area (Å²) in [4.78, 5) is 19.3. The van der Waals surface area contributed by atoms with E-state index in [2.05, 4.69) is 25.4 Å². The zero-order valence-electron chi connectivity index (χ0n) is 18.5. The molecule has 9 heteroatoms. The molecule has 0 bridgehead atoms. The second-order valence-electron chi connectivity index (χ2n) is 7.67. The van der Waals surface area contributed by atoms with Crippen LogP contribution in [0.4, 0.5) is 11.4 Å². The molecule has 8 nitrogen and oxygen atoms in total. The van der Waals surface area contributed by atoms with Crippen molar-refractivity contribution in [3.05, 3.63) is 79.1 Å². The summed E-state index contributed by atoms with van der Waals surface area (Å²) >= 11 is 1.35. The number of amides is 1. The lowest BCUT2D eigenvalue weighted by molar-refractivity contribution is -0.113. The van der Waals surface area contributed by atoms with Gasteiger partial charge in [0.1, 0.15) is 0 Å². The second-order valence-corrected chi connectivity index (χ2v) is 8.61. The standard InChI is InChI=1S/C25H24N6O2S/c32-23(27-21-10-4-5-11-22(21)30-13-15-33-16-14-30)18-34-25-29-28-24(19-7-6-12-26-17-19)31(25)20-8-2-1-3-9-20/h1-12,17H,13-16,18H2,(H,27,32). The molecule has 0 saturated carbocycles. The summed E-state index contributed by atoms with van der Waals surface area (Å²) in [6.07, 6.45) is 3.48. The van der Waals surface area contributed by atoms with Crippen LogP contribution >= 0.6 is 11.8 Å². The highest BCUT2D eigenvalue weighted by Crippen LogP contribution is 2.29. The molecule has 0 unspecified atom stereocenters. The number of nitrogens with one attached hydrogen (secondary N) is 1. The molecule has 2 aromatic carbocycles. The lowest BCUT2D eigenvalue weighted by Gasteiger charge is -2.30. The van der Waals surface area contributed by atoms with Crippen LogP contribution in [0.15, 0.2) is 84.3 Å². The number of rotatable bonds is 7. The minimum absolute atomic E-state index is 0.101. The molecule has 0 atom stereocenters. The van der Waals surface area contributed by atoms with Gasteiger partial charge < -0.3 is 15.0 Å². The summed E-state index contributed by atoms with van der Waals surface area (Å²) in [6.45, 7) is 2.98. The molecule has 1 aliphatic heterocycles. The number of aromatic nitrogens is 4. The minimum atomic E-state index is -0.101. The third-order valence-corrected chi connectivity index (χ3v) is 6.36. The van der Waals surface area contributed by atoms with Gasteiger partial charge in [0.2, 0.25) is 5.91 Å². The summed E-state index contributed by atoms with van der Waals surface area (Å²) < 4.78 is 7.41.